The van der Waals surface area contributed by atoms with Gasteiger partial charge in [-0.1, -0.05) is 0 Å². The zero-order chi connectivity index (χ0) is 29.8. The summed E-state index contributed by atoms with van der Waals surface area (Å²) in [6.45, 7) is -1.00. The molecule has 4 aromatic heterocycles. The summed E-state index contributed by atoms with van der Waals surface area (Å²) in [6, 6.07) is 0. The van der Waals surface area contributed by atoms with Crippen molar-refractivity contribution in [3.63, 3.8) is 0 Å². The summed E-state index contributed by atoms with van der Waals surface area (Å²) in [6.07, 6.45) is -2.46. The second-order valence-corrected chi connectivity index (χ2v) is 11.0. The highest BCUT2D eigenvalue weighted by Gasteiger charge is 2.47. The van der Waals surface area contributed by atoms with Crippen molar-refractivity contribution in [2.24, 2.45) is 0 Å². The smallest absolute Gasteiger partial charge is 0.388 e. The summed E-state index contributed by atoms with van der Waals surface area (Å²) in [5.74, 6) is 0.0258. The van der Waals surface area contributed by atoms with Crippen LogP contribution in [-0.4, -0.2) is 103 Å². The number of fused-ring (bicyclic) bond motifs is 2. The van der Waals surface area contributed by atoms with Gasteiger partial charge in [-0.3, -0.25) is 23.4 Å². The molecule has 2 saturated heterocycles. The number of aromatic amines is 1. The lowest BCUT2D eigenvalue weighted by Crippen LogP contribution is -2.40. The van der Waals surface area contributed by atoms with Gasteiger partial charge in [0.05, 0.1) is 32.0 Å². The van der Waals surface area contributed by atoms with E-state index in [1.54, 1.807) is 4.57 Å². The van der Waals surface area contributed by atoms with E-state index in [2.05, 4.69) is 34.4 Å². The first-order valence-electron chi connectivity index (χ1n) is 12.6. The minimum absolute atomic E-state index is 0.0000848. The Kier molecular flexibility index (Phi) is 7.41. The van der Waals surface area contributed by atoms with E-state index >= 15 is 0 Å². The number of phosphoric acid groups is 1. The van der Waals surface area contributed by atoms with Crippen LogP contribution < -0.4 is 17.0 Å². The third-order valence-corrected chi connectivity index (χ3v) is 7.54. The third kappa shape index (κ3) is 5.35. The second kappa shape index (κ2) is 10.9. The molecular formula is C21H27N10O10P. The molecule has 226 valence electrons. The largest absolute Gasteiger partial charge is 0.469 e. The number of nitrogen functional groups attached to an aromatic ring is 2. The normalized spacial score (nSPS) is 27.3. The Hall–Kier alpha value is -3.59. The number of nitrogens with two attached hydrogens (primary N) is 2. The number of phosphoric ester groups is 1. The van der Waals surface area contributed by atoms with Gasteiger partial charge in [-0.2, -0.15) is 4.98 Å². The zero-order valence-electron chi connectivity index (χ0n) is 21.6. The van der Waals surface area contributed by atoms with Gasteiger partial charge >= 0.3 is 7.82 Å². The van der Waals surface area contributed by atoms with Crippen LogP contribution in [0, 0.1) is 0 Å². The Bertz CT molecular complexity index is 1710. The first kappa shape index (κ1) is 28.5. The molecule has 0 bridgehead atoms. The summed E-state index contributed by atoms with van der Waals surface area (Å²) < 4.78 is 36.6. The van der Waals surface area contributed by atoms with Crippen molar-refractivity contribution in [2.75, 3.05) is 24.7 Å². The van der Waals surface area contributed by atoms with Crippen molar-refractivity contribution in [1.82, 2.24) is 39.0 Å². The quantitative estimate of drug-likeness (QED) is 0.1000. The molecule has 2 aliphatic rings. The molecule has 6 rings (SSSR count). The molecule has 2 fully saturated rings. The molecule has 6 heterocycles. The maximum Gasteiger partial charge on any atom is 0.469 e. The van der Waals surface area contributed by atoms with Crippen LogP contribution in [-0.2, 0) is 23.3 Å². The summed E-state index contributed by atoms with van der Waals surface area (Å²) in [5.41, 5.74) is 11.7. The molecule has 0 aliphatic carbocycles. The molecule has 7 atom stereocenters. The number of imidazole rings is 2. The van der Waals surface area contributed by atoms with Crippen LogP contribution in [0.5, 0.6) is 0 Å². The number of H-pyrrole nitrogens is 1. The fourth-order valence-electron chi connectivity index (χ4n) is 5.12. The van der Waals surface area contributed by atoms with Gasteiger partial charge in [0.25, 0.3) is 5.56 Å². The summed E-state index contributed by atoms with van der Waals surface area (Å²) in [7, 11) is -4.91. The number of nitrogens with one attached hydrogen (secondary N) is 1. The van der Waals surface area contributed by atoms with Gasteiger partial charge in [-0.05, 0) is 12.8 Å². The number of nitrogens with zero attached hydrogens (tertiary/aromatic N) is 7. The lowest BCUT2D eigenvalue weighted by Gasteiger charge is -2.25. The van der Waals surface area contributed by atoms with E-state index in [0.29, 0.717) is 24.0 Å². The summed E-state index contributed by atoms with van der Waals surface area (Å²) >= 11 is 0. The van der Waals surface area contributed by atoms with E-state index < -0.39 is 63.0 Å². The predicted octanol–water partition coefficient (Wildman–Crippen LogP) is -2.08. The topological polar surface area (TPSA) is 294 Å². The maximum absolute atomic E-state index is 12.2. The summed E-state index contributed by atoms with van der Waals surface area (Å²) in [4.78, 5) is 53.3. The van der Waals surface area contributed by atoms with Crippen molar-refractivity contribution in [2.45, 2.75) is 55.8 Å². The number of ether oxygens (including phenoxy) is 3. The van der Waals surface area contributed by atoms with Gasteiger partial charge in [-0.15, -0.1) is 0 Å². The average Bonchev–Trinajstić information content (AvgIpc) is 3.71. The molecule has 4 aromatic rings. The molecule has 0 amide bonds. The monoisotopic (exact) mass is 610 g/mol. The highest BCUT2D eigenvalue weighted by molar-refractivity contribution is 7.46. The van der Waals surface area contributed by atoms with Crippen LogP contribution in [0.1, 0.15) is 25.3 Å². The molecule has 0 aromatic carbocycles. The van der Waals surface area contributed by atoms with Crippen molar-refractivity contribution < 1.29 is 43.3 Å². The molecule has 42 heavy (non-hydrogen) atoms. The molecule has 9 N–H and O–H groups in total. The molecule has 20 nitrogen and oxygen atoms in total. The van der Waals surface area contributed by atoms with Gasteiger partial charge < -0.3 is 45.7 Å². The van der Waals surface area contributed by atoms with Crippen molar-refractivity contribution in [3.05, 3.63) is 29.3 Å². The van der Waals surface area contributed by atoms with E-state index in [9.17, 15) is 29.4 Å². The Morgan fingerprint density at radius 1 is 1.10 bits per heavy atom. The molecule has 2 aliphatic heterocycles. The Morgan fingerprint density at radius 2 is 1.86 bits per heavy atom. The number of aliphatic hydroxyl groups is 2. The number of anilines is 2. The second-order valence-electron chi connectivity index (χ2n) is 9.77. The zero-order valence-corrected chi connectivity index (χ0v) is 22.5. The Labute approximate surface area is 234 Å². The van der Waals surface area contributed by atoms with E-state index in [1.807, 2.05) is 0 Å². The first-order valence-corrected chi connectivity index (χ1v) is 14.2. The molecule has 6 unspecified atom stereocenters. The minimum atomic E-state index is -4.91. The molecular weight excluding hydrogens is 583 g/mol. The number of hydrogen-bond acceptors (Lipinski definition) is 15. The van der Waals surface area contributed by atoms with Crippen molar-refractivity contribution in [3.8, 4) is 0 Å². The highest BCUT2D eigenvalue weighted by atomic mass is 31.2. The summed E-state index contributed by atoms with van der Waals surface area (Å²) in [5, 5.41) is 22.0. The fraction of sp³-hybridized carbons (Fsp3) is 0.524. The van der Waals surface area contributed by atoms with Crippen LogP contribution in [0.15, 0.2) is 23.8 Å². The van der Waals surface area contributed by atoms with Gasteiger partial charge in [0, 0.05) is 0 Å². The van der Waals surface area contributed by atoms with Crippen molar-refractivity contribution >= 4 is 41.9 Å². The SMILES string of the molecule is Nc1nc2c(ncn2C2OC(COP(=O)(O)O)C(OCC(O)C3CC[C@H](n4cnc5c(N)ncnc54)O3)C2O)c(=O)[nH]1. The lowest BCUT2D eigenvalue weighted by molar-refractivity contribution is -0.117. The number of aromatic nitrogens is 8. The lowest BCUT2D eigenvalue weighted by atomic mass is 10.1. The minimum Gasteiger partial charge on any atom is -0.388 e. The first-order chi connectivity index (χ1) is 20.0. The molecule has 0 saturated carbocycles. The average molecular weight is 610 g/mol. The predicted molar refractivity (Wildman–Crippen MR) is 139 cm³/mol. The van der Waals surface area contributed by atoms with Crippen LogP contribution in [0.4, 0.5) is 11.8 Å². The van der Waals surface area contributed by atoms with Crippen molar-refractivity contribution in [1.29, 1.82) is 0 Å². The van der Waals surface area contributed by atoms with Gasteiger partial charge in [-0.25, -0.2) is 24.5 Å². The van der Waals surface area contributed by atoms with Gasteiger partial charge in [0.2, 0.25) is 5.95 Å². The molecule has 21 heteroatoms. The number of aliphatic hydroxyl groups excluding tert-OH is 2. The third-order valence-electron chi connectivity index (χ3n) is 7.06. The van der Waals surface area contributed by atoms with Crippen LogP contribution in [0.25, 0.3) is 22.3 Å². The van der Waals surface area contributed by atoms with E-state index in [-0.39, 0.29) is 29.5 Å². The van der Waals surface area contributed by atoms with E-state index in [0.717, 1.165) is 0 Å². The maximum atomic E-state index is 12.2. The standard InChI is InChI=1S/C21H27N10O10P/c22-16-12-17(25-5-24-16)30(6-26-12)11-2-1-9(40-11)8(32)3-38-15-10(4-39-42(35,36)37)41-20(14(15)33)31-7-27-13-18(31)28-21(23)29-19(13)34/h5-11,14-15,20,32-33H,1-4H2,(H2,22,24,25)(H2,35,36,37)(H3,23,28,29,34)/t8?,9?,10?,11-,14?,15?,20?/m1/s1. The van der Waals surface area contributed by atoms with E-state index in [1.165, 1.54) is 23.5 Å². The van der Waals surface area contributed by atoms with Gasteiger partial charge in [0.1, 0.15) is 42.5 Å². The highest BCUT2D eigenvalue weighted by Crippen LogP contribution is 2.40. The van der Waals surface area contributed by atoms with Crippen LogP contribution in [0.2, 0.25) is 0 Å². The van der Waals surface area contributed by atoms with Crippen LogP contribution >= 0.6 is 7.82 Å². The fourth-order valence-corrected chi connectivity index (χ4v) is 5.46. The van der Waals surface area contributed by atoms with Gasteiger partial charge in [0.15, 0.2) is 28.9 Å². The number of rotatable bonds is 9. The Balaban J connectivity index is 1.16. The van der Waals surface area contributed by atoms with Crippen LogP contribution in [0.3, 0.4) is 0 Å². The Morgan fingerprint density at radius 3 is 2.64 bits per heavy atom. The molecule has 0 spiro atoms. The van der Waals surface area contributed by atoms with E-state index in [4.69, 9.17) is 25.7 Å². The number of hydrogen-bond donors (Lipinski definition) is 7. The molecule has 0 radical (unpaired) electrons.